The summed E-state index contributed by atoms with van der Waals surface area (Å²) < 4.78 is 96.3. The van der Waals surface area contributed by atoms with E-state index in [1.165, 1.54) is 6.92 Å². The van der Waals surface area contributed by atoms with E-state index in [1.54, 1.807) is 0 Å². The molecule has 2 aromatic rings. The van der Waals surface area contributed by atoms with Gasteiger partial charge < -0.3 is 4.74 Å². The van der Waals surface area contributed by atoms with Crippen molar-refractivity contribution in [2.75, 3.05) is 12.4 Å². The van der Waals surface area contributed by atoms with Crippen molar-refractivity contribution in [1.82, 2.24) is 0 Å². The van der Waals surface area contributed by atoms with Crippen molar-refractivity contribution in [1.29, 1.82) is 0 Å². The van der Waals surface area contributed by atoms with Gasteiger partial charge in [-0.1, -0.05) is 11.6 Å². The number of benzene rings is 2. The number of hydrogen-bond donors (Lipinski definition) is 0. The molecule has 0 unspecified atom stereocenters. The molecule has 154 valence electrons. The lowest BCUT2D eigenvalue weighted by Gasteiger charge is -2.15. The quantitative estimate of drug-likeness (QED) is 0.248. The molecule has 0 saturated heterocycles. The Labute approximate surface area is 169 Å². The summed E-state index contributed by atoms with van der Waals surface area (Å²) in [5, 5.41) is -4.07. The van der Waals surface area contributed by atoms with E-state index >= 15 is 0 Å². The van der Waals surface area contributed by atoms with Crippen molar-refractivity contribution >= 4 is 35.0 Å². The molecule has 11 heteroatoms. The van der Waals surface area contributed by atoms with Gasteiger partial charge in [0, 0.05) is 16.0 Å². The van der Waals surface area contributed by atoms with E-state index in [0.29, 0.717) is 11.8 Å². The molecule has 0 aliphatic carbocycles. The van der Waals surface area contributed by atoms with Gasteiger partial charge in [-0.3, -0.25) is 0 Å². The Balaban J connectivity index is 2.45. The average Bonchev–Trinajstić information content (AvgIpc) is 2.52. The fourth-order valence-electron chi connectivity index (χ4n) is 2.18. The third-order valence-corrected chi connectivity index (χ3v) is 4.99. The Morgan fingerprint density at radius 3 is 2.11 bits per heavy atom. The maximum Gasteiger partial charge on any atom is 0.398 e. The summed E-state index contributed by atoms with van der Waals surface area (Å²) in [6.07, 6.45) is -4.45. The number of hydrogen-bond acceptors (Lipinski definition) is 2. The lowest BCUT2D eigenvalue weighted by molar-refractivity contribution is -0.105. The molecule has 0 amide bonds. The topological polar surface area (TPSA) is 9.23 Å². The smallest absolute Gasteiger partial charge is 0.398 e. The Bertz CT molecular complexity index is 795. The first-order valence-electron chi connectivity index (χ1n) is 7.45. The summed E-state index contributed by atoms with van der Waals surface area (Å²) in [6, 6.07) is 3.61. The first-order chi connectivity index (χ1) is 12.8. The third-order valence-electron chi connectivity index (χ3n) is 3.36. The molecular formula is C17H11Cl2F7OS. The normalized spacial score (nSPS) is 12.4. The zero-order valence-corrected chi connectivity index (χ0v) is 16.3. The van der Waals surface area contributed by atoms with Crippen LogP contribution in [0.3, 0.4) is 0 Å². The van der Waals surface area contributed by atoms with Gasteiger partial charge in [-0.2, -0.15) is 22.0 Å². The van der Waals surface area contributed by atoms with Gasteiger partial charge in [0.15, 0.2) is 6.61 Å². The van der Waals surface area contributed by atoms with Crippen molar-refractivity contribution in [3.63, 3.8) is 0 Å². The summed E-state index contributed by atoms with van der Waals surface area (Å²) in [7, 11) is 0. The van der Waals surface area contributed by atoms with Crippen LogP contribution in [0.4, 0.5) is 30.7 Å². The zero-order chi connectivity index (χ0) is 21.3. The second-order valence-electron chi connectivity index (χ2n) is 5.67. The van der Waals surface area contributed by atoms with Crippen LogP contribution in [0.2, 0.25) is 5.02 Å². The molecule has 0 radical (unpaired) electrons. The summed E-state index contributed by atoms with van der Waals surface area (Å²) >= 11 is 10.9. The van der Waals surface area contributed by atoms with E-state index in [9.17, 15) is 30.7 Å². The fraction of sp³-hybridized carbons (Fsp3) is 0.294. The van der Waals surface area contributed by atoms with E-state index in [1.807, 2.05) is 0 Å². The van der Waals surface area contributed by atoms with Crippen molar-refractivity contribution in [3.8, 4) is 16.9 Å². The molecule has 0 fully saturated rings. The zero-order valence-electron chi connectivity index (χ0n) is 13.9. The highest BCUT2D eigenvalue weighted by Crippen LogP contribution is 2.38. The number of aryl methyl sites for hydroxylation is 1. The van der Waals surface area contributed by atoms with E-state index in [2.05, 4.69) is 0 Å². The van der Waals surface area contributed by atoms with E-state index < -0.39 is 41.1 Å². The second kappa shape index (κ2) is 8.59. The molecule has 28 heavy (non-hydrogen) atoms. The highest BCUT2D eigenvalue weighted by molar-refractivity contribution is 7.99. The molecule has 2 aromatic carbocycles. The number of rotatable bonds is 6. The molecule has 0 heterocycles. The van der Waals surface area contributed by atoms with Crippen LogP contribution in [0, 0.1) is 18.6 Å². The minimum Gasteiger partial charge on any atom is -0.484 e. The molecular weight excluding hydrogens is 456 g/mol. The predicted octanol–water partition coefficient (Wildman–Crippen LogP) is 7.46. The molecule has 0 N–H and O–H groups in total. The van der Waals surface area contributed by atoms with Gasteiger partial charge in [0.1, 0.15) is 17.4 Å². The monoisotopic (exact) mass is 466 g/mol. The van der Waals surface area contributed by atoms with Crippen LogP contribution in [0.15, 0.2) is 29.2 Å². The predicted molar refractivity (Wildman–Crippen MR) is 94.6 cm³/mol. The Morgan fingerprint density at radius 2 is 1.54 bits per heavy atom. The van der Waals surface area contributed by atoms with Crippen LogP contribution >= 0.6 is 35.0 Å². The fourth-order valence-corrected chi connectivity index (χ4v) is 3.25. The Hall–Kier alpha value is -1.32. The van der Waals surface area contributed by atoms with Crippen LogP contribution < -0.4 is 4.74 Å². The largest absolute Gasteiger partial charge is 0.484 e. The Morgan fingerprint density at radius 1 is 0.964 bits per heavy atom. The summed E-state index contributed by atoms with van der Waals surface area (Å²) in [6.45, 7) is 0.128. The van der Waals surface area contributed by atoms with E-state index in [4.69, 9.17) is 27.9 Å². The van der Waals surface area contributed by atoms with Gasteiger partial charge in [-0.15, -0.1) is 11.8 Å². The molecule has 0 saturated carbocycles. The molecule has 0 aromatic heterocycles. The first-order valence-corrected chi connectivity index (χ1v) is 9.19. The van der Waals surface area contributed by atoms with Crippen molar-refractivity contribution in [3.05, 3.63) is 46.5 Å². The summed E-state index contributed by atoms with van der Waals surface area (Å²) in [4.78, 5) is 0.0813. The average molecular weight is 467 g/mol. The summed E-state index contributed by atoms with van der Waals surface area (Å²) in [5.41, 5.74) is -0.557. The first kappa shape index (κ1) is 23.0. The lowest BCUT2D eigenvalue weighted by atomic mass is 10.0. The minimum atomic E-state index is -4.45. The van der Waals surface area contributed by atoms with Crippen molar-refractivity contribution in [2.45, 2.75) is 23.4 Å². The molecule has 2 rings (SSSR count). The van der Waals surface area contributed by atoms with E-state index in [0.717, 1.165) is 24.3 Å². The van der Waals surface area contributed by atoms with Crippen LogP contribution in [-0.2, 0) is 0 Å². The van der Waals surface area contributed by atoms with E-state index in [-0.39, 0.29) is 26.8 Å². The number of halogens is 9. The highest BCUT2D eigenvalue weighted by atomic mass is 35.5. The van der Waals surface area contributed by atoms with Gasteiger partial charge in [0.25, 0.3) is 0 Å². The maximum absolute atomic E-state index is 14.4. The van der Waals surface area contributed by atoms with Crippen molar-refractivity contribution in [2.24, 2.45) is 0 Å². The number of thioether (sulfide) groups is 1. The molecule has 0 atom stereocenters. The van der Waals surface area contributed by atoms with Gasteiger partial charge in [-0.25, -0.2) is 8.78 Å². The number of alkyl halides is 6. The molecule has 1 nitrogen and oxygen atoms in total. The summed E-state index contributed by atoms with van der Waals surface area (Å²) in [5.74, 6) is -3.53. The van der Waals surface area contributed by atoms with Gasteiger partial charge >= 0.3 is 11.6 Å². The van der Waals surface area contributed by atoms with Gasteiger partial charge in [0.05, 0.1) is 10.8 Å². The second-order valence-corrected chi connectivity index (χ2v) is 7.65. The van der Waals surface area contributed by atoms with Crippen LogP contribution in [0.5, 0.6) is 5.75 Å². The third kappa shape index (κ3) is 6.35. The molecule has 0 spiro atoms. The lowest BCUT2D eigenvalue weighted by Crippen LogP contribution is -2.18. The molecule has 0 bridgehead atoms. The van der Waals surface area contributed by atoms with Crippen molar-refractivity contribution < 1.29 is 35.5 Å². The van der Waals surface area contributed by atoms with Crippen LogP contribution in [0.25, 0.3) is 11.1 Å². The SMILES string of the molecule is Cc1cc(F)c(-c2cc(OCC(F)(F)Cl)c(Cl)cc2F)cc1SCC(F)(F)F. The minimum absolute atomic E-state index is 0.0813. The van der Waals surface area contributed by atoms with Gasteiger partial charge in [-0.05, 0) is 48.4 Å². The standard InChI is InChI=1S/C17H11Cl2F7OS/c1-8-2-12(20)10(4-15(8)28-7-17(24,25)26)9-3-14(11(18)5-13(9)21)27-6-16(19,22)23/h2-5H,6-7H2,1H3. The molecule has 0 aliphatic heterocycles. The maximum atomic E-state index is 14.4. The number of ether oxygens (including phenoxy) is 1. The Kier molecular flexibility index (Phi) is 7.04. The van der Waals surface area contributed by atoms with Gasteiger partial charge in [0.2, 0.25) is 0 Å². The highest BCUT2D eigenvalue weighted by Gasteiger charge is 2.28. The van der Waals surface area contributed by atoms with Crippen LogP contribution in [-0.4, -0.2) is 23.9 Å². The van der Waals surface area contributed by atoms with Crippen LogP contribution in [0.1, 0.15) is 5.56 Å². The molecule has 0 aliphatic rings.